The maximum absolute atomic E-state index is 3.60. The van der Waals surface area contributed by atoms with Gasteiger partial charge in [-0.3, -0.25) is 0 Å². The van der Waals surface area contributed by atoms with E-state index in [4.69, 9.17) is 0 Å². The molecule has 2 nitrogen and oxygen atoms in total. The molecular weight excluding hydrogens is 256 g/mol. The number of rotatable bonds is 6. The van der Waals surface area contributed by atoms with Crippen LogP contribution in [0.1, 0.15) is 53.0 Å². The molecule has 1 heterocycles. The topological polar surface area (TPSA) is 17.0 Å². The Bertz CT molecular complexity index is 573. The summed E-state index contributed by atoms with van der Waals surface area (Å²) >= 11 is 0. The van der Waals surface area contributed by atoms with Crippen LogP contribution in [0.4, 0.5) is 0 Å². The lowest BCUT2D eigenvalue weighted by molar-refractivity contribution is 0.424. The normalized spacial score (nSPS) is 12.5. The van der Waals surface area contributed by atoms with Gasteiger partial charge in [0.2, 0.25) is 0 Å². The third-order valence-corrected chi connectivity index (χ3v) is 3.86. The second-order valence-corrected chi connectivity index (χ2v) is 7.50. The molecule has 0 fully saturated rings. The Morgan fingerprint density at radius 1 is 1.14 bits per heavy atom. The minimum absolute atomic E-state index is 0.154. The van der Waals surface area contributed by atoms with Crippen molar-refractivity contribution in [2.24, 2.45) is 5.92 Å². The third-order valence-electron chi connectivity index (χ3n) is 3.86. The first-order valence-corrected chi connectivity index (χ1v) is 8.18. The first-order valence-electron chi connectivity index (χ1n) is 8.18. The fraction of sp³-hybridized carbons (Fsp3) is 0.579. The number of para-hydroxylation sites is 1. The second-order valence-electron chi connectivity index (χ2n) is 7.50. The number of nitrogens with zero attached hydrogens (tertiary/aromatic N) is 1. The molecule has 1 aromatic carbocycles. The van der Waals surface area contributed by atoms with E-state index in [0.717, 1.165) is 19.0 Å². The summed E-state index contributed by atoms with van der Waals surface area (Å²) in [5, 5.41) is 4.99. The predicted octanol–water partition coefficient (Wildman–Crippen LogP) is 4.97. The Morgan fingerprint density at radius 3 is 2.52 bits per heavy atom. The van der Waals surface area contributed by atoms with E-state index in [9.17, 15) is 0 Å². The second kappa shape index (κ2) is 6.65. The van der Waals surface area contributed by atoms with Crippen LogP contribution in [0.15, 0.2) is 30.5 Å². The van der Waals surface area contributed by atoms with Crippen LogP contribution in [0.3, 0.4) is 0 Å². The van der Waals surface area contributed by atoms with Crippen molar-refractivity contribution in [2.45, 2.75) is 66.1 Å². The van der Waals surface area contributed by atoms with Crippen LogP contribution in [0, 0.1) is 5.92 Å². The number of benzene rings is 1. The fourth-order valence-electron chi connectivity index (χ4n) is 2.68. The van der Waals surface area contributed by atoms with E-state index in [1.165, 1.54) is 29.3 Å². The molecule has 1 N–H and O–H groups in total. The molecule has 0 unspecified atom stereocenters. The first kappa shape index (κ1) is 16.1. The standard InChI is InChI=1S/C19H30N2/c1-15(2)9-8-12-21-14-16(13-20-19(3,4)5)17-10-6-7-11-18(17)21/h6-7,10-11,14-15,20H,8-9,12-13H2,1-5H3. The molecule has 0 radical (unpaired) electrons. The van der Waals surface area contributed by atoms with Gasteiger partial charge in [0.1, 0.15) is 0 Å². The van der Waals surface area contributed by atoms with Crippen LogP contribution in [0.5, 0.6) is 0 Å². The molecule has 0 saturated heterocycles. The van der Waals surface area contributed by atoms with Crippen LogP contribution in [-0.2, 0) is 13.1 Å². The van der Waals surface area contributed by atoms with E-state index >= 15 is 0 Å². The Morgan fingerprint density at radius 2 is 1.86 bits per heavy atom. The maximum atomic E-state index is 3.60. The Labute approximate surface area is 129 Å². The van der Waals surface area contributed by atoms with Gasteiger partial charge in [-0.2, -0.15) is 0 Å². The Hall–Kier alpha value is -1.28. The number of aryl methyl sites for hydroxylation is 1. The quantitative estimate of drug-likeness (QED) is 0.793. The summed E-state index contributed by atoms with van der Waals surface area (Å²) in [7, 11) is 0. The maximum Gasteiger partial charge on any atom is 0.0483 e. The zero-order valence-corrected chi connectivity index (χ0v) is 14.2. The van der Waals surface area contributed by atoms with Crippen molar-refractivity contribution >= 4 is 10.9 Å². The van der Waals surface area contributed by atoms with Crippen LogP contribution in [-0.4, -0.2) is 10.1 Å². The highest BCUT2D eigenvalue weighted by Crippen LogP contribution is 2.22. The van der Waals surface area contributed by atoms with Gasteiger partial charge in [-0.15, -0.1) is 0 Å². The molecule has 0 aliphatic rings. The molecule has 0 saturated carbocycles. The molecule has 0 aliphatic carbocycles. The molecule has 0 amide bonds. The zero-order valence-electron chi connectivity index (χ0n) is 14.2. The van der Waals surface area contributed by atoms with Gasteiger partial charge in [-0.05, 0) is 51.2 Å². The smallest absolute Gasteiger partial charge is 0.0483 e. The highest BCUT2D eigenvalue weighted by atomic mass is 15.0. The highest BCUT2D eigenvalue weighted by Gasteiger charge is 2.12. The average molecular weight is 286 g/mol. The molecule has 21 heavy (non-hydrogen) atoms. The van der Waals surface area contributed by atoms with Crippen molar-refractivity contribution in [3.63, 3.8) is 0 Å². The van der Waals surface area contributed by atoms with E-state index < -0.39 is 0 Å². The lowest BCUT2D eigenvalue weighted by Crippen LogP contribution is -2.34. The Balaban J connectivity index is 2.18. The van der Waals surface area contributed by atoms with Gasteiger partial charge >= 0.3 is 0 Å². The van der Waals surface area contributed by atoms with E-state index in [1.54, 1.807) is 0 Å². The molecular formula is C19H30N2. The summed E-state index contributed by atoms with van der Waals surface area (Å²) in [4.78, 5) is 0. The number of fused-ring (bicyclic) bond motifs is 1. The average Bonchev–Trinajstić information content (AvgIpc) is 2.74. The van der Waals surface area contributed by atoms with Crippen LogP contribution >= 0.6 is 0 Å². The van der Waals surface area contributed by atoms with Gasteiger partial charge < -0.3 is 9.88 Å². The van der Waals surface area contributed by atoms with Gasteiger partial charge in [-0.1, -0.05) is 32.0 Å². The van der Waals surface area contributed by atoms with Gasteiger partial charge in [0.25, 0.3) is 0 Å². The minimum atomic E-state index is 0.154. The lowest BCUT2D eigenvalue weighted by atomic mass is 10.1. The van der Waals surface area contributed by atoms with Crippen LogP contribution in [0.2, 0.25) is 0 Å². The first-order chi connectivity index (χ1) is 9.87. The Kier molecular flexibility index (Phi) is 5.10. The number of nitrogens with one attached hydrogen (secondary N) is 1. The molecule has 2 heteroatoms. The monoisotopic (exact) mass is 286 g/mol. The number of hydrogen-bond donors (Lipinski definition) is 1. The van der Waals surface area contributed by atoms with Gasteiger partial charge in [0.15, 0.2) is 0 Å². The summed E-state index contributed by atoms with van der Waals surface area (Å²) in [5.74, 6) is 0.786. The molecule has 2 aromatic rings. The van der Waals surface area contributed by atoms with Gasteiger partial charge in [-0.25, -0.2) is 0 Å². The highest BCUT2D eigenvalue weighted by molar-refractivity contribution is 5.83. The summed E-state index contributed by atoms with van der Waals surface area (Å²) in [6, 6.07) is 8.77. The van der Waals surface area contributed by atoms with Crippen molar-refractivity contribution in [3.8, 4) is 0 Å². The lowest BCUT2D eigenvalue weighted by Gasteiger charge is -2.20. The van der Waals surface area contributed by atoms with E-state index in [2.05, 4.69) is 75.0 Å². The summed E-state index contributed by atoms with van der Waals surface area (Å²) < 4.78 is 2.43. The van der Waals surface area contributed by atoms with Crippen molar-refractivity contribution < 1.29 is 0 Å². The van der Waals surface area contributed by atoms with Gasteiger partial charge in [0.05, 0.1) is 0 Å². The van der Waals surface area contributed by atoms with Crippen molar-refractivity contribution in [3.05, 3.63) is 36.0 Å². The van der Waals surface area contributed by atoms with Crippen LogP contribution in [0.25, 0.3) is 10.9 Å². The third kappa shape index (κ3) is 4.60. The van der Waals surface area contributed by atoms with Crippen molar-refractivity contribution in [1.29, 1.82) is 0 Å². The largest absolute Gasteiger partial charge is 0.347 e. The van der Waals surface area contributed by atoms with E-state index in [-0.39, 0.29) is 5.54 Å². The SMILES string of the molecule is CC(C)CCCn1cc(CNC(C)(C)C)c2ccccc21. The summed E-state index contributed by atoms with van der Waals surface area (Å²) in [6.45, 7) is 13.3. The predicted molar refractivity (Wildman–Crippen MR) is 92.6 cm³/mol. The summed E-state index contributed by atoms with van der Waals surface area (Å²) in [6.07, 6.45) is 4.88. The number of aromatic nitrogens is 1. The molecule has 2 rings (SSSR count). The van der Waals surface area contributed by atoms with Crippen LogP contribution < -0.4 is 5.32 Å². The van der Waals surface area contributed by atoms with E-state index in [1.807, 2.05) is 0 Å². The summed E-state index contributed by atoms with van der Waals surface area (Å²) in [5.41, 5.74) is 2.93. The zero-order chi connectivity index (χ0) is 15.5. The molecule has 116 valence electrons. The number of hydrogen-bond acceptors (Lipinski definition) is 1. The minimum Gasteiger partial charge on any atom is -0.347 e. The van der Waals surface area contributed by atoms with Crippen molar-refractivity contribution in [1.82, 2.24) is 9.88 Å². The fourth-order valence-corrected chi connectivity index (χ4v) is 2.68. The van der Waals surface area contributed by atoms with Crippen molar-refractivity contribution in [2.75, 3.05) is 0 Å². The van der Waals surface area contributed by atoms with Gasteiger partial charge in [0, 0.05) is 35.7 Å². The molecule has 0 spiro atoms. The molecule has 1 aromatic heterocycles. The molecule has 0 aliphatic heterocycles. The molecule has 0 atom stereocenters. The molecule has 0 bridgehead atoms. The van der Waals surface area contributed by atoms with E-state index in [0.29, 0.717) is 0 Å².